The average Bonchev–Trinajstić information content (AvgIpc) is 2.07. The lowest BCUT2D eigenvalue weighted by Gasteiger charge is -2.02. The topological polar surface area (TPSA) is 26.0 Å². The van der Waals surface area contributed by atoms with Gasteiger partial charge >= 0.3 is 0 Å². The van der Waals surface area contributed by atoms with E-state index in [0.29, 0.717) is 0 Å². The lowest BCUT2D eigenvalue weighted by molar-refractivity contribution is 0.832. The Kier molecular flexibility index (Phi) is 3.76. The predicted octanol–water partition coefficient (Wildman–Crippen LogP) is 2.65. The van der Waals surface area contributed by atoms with E-state index in [9.17, 15) is 0 Å². The second-order valence-corrected chi connectivity index (χ2v) is 3.83. The summed E-state index contributed by atoms with van der Waals surface area (Å²) in [4.78, 5) is 0. The number of rotatable bonds is 3. The minimum atomic E-state index is 0.769. The van der Waals surface area contributed by atoms with Crippen LogP contribution >= 0.6 is 15.9 Å². The van der Waals surface area contributed by atoms with Gasteiger partial charge in [0, 0.05) is 4.47 Å². The van der Waals surface area contributed by atoms with Gasteiger partial charge in [0.25, 0.3) is 0 Å². The number of halogens is 1. The molecule has 0 saturated heterocycles. The van der Waals surface area contributed by atoms with Crippen molar-refractivity contribution in [2.45, 2.75) is 19.8 Å². The minimum Gasteiger partial charge on any atom is -0.330 e. The summed E-state index contributed by atoms with van der Waals surface area (Å²) in [6.45, 7) is 2.86. The molecule has 12 heavy (non-hydrogen) atoms. The van der Waals surface area contributed by atoms with Crippen LogP contribution in [0.4, 0.5) is 0 Å². The molecule has 2 N–H and O–H groups in total. The molecule has 0 fully saturated rings. The van der Waals surface area contributed by atoms with Gasteiger partial charge in [0.2, 0.25) is 0 Å². The molecule has 0 radical (unpaired) electrons. The van der Waals surface area contributed by atoms with Crippen LogP contribution in [-0.4, -0.2) is 6.54 Å². The minimum absolute atomic E-state index is 0.769. The summed E-state index contributed by atoms with van der Waals surface area (Å²) in [7, 11) is 0. The SMILES string of the molecule is Cc1ccc(CCCN)cc1Br. The van der Waals surface area contributed by atoms with Crippen LogP contribution in [0.2, 0.25) is 0 Å². The summed E-state index contributed by atoms with van der Waals surface area (Å²) in [6.07, 6.45) is 2.14. The first kappa shape index (κ1) is 9.75. The van der Waals surface area contributed by atoms with Gasteiger partial charge in [-0.15, -0.1) is 0 Å². The second kappa shape index (κ2) is 4.63. The lowest BCUT2D eigenvalue weighted by atomic mass is 10.1. The first-order chi connectivity index (χ1) is 5.74. The highest BCUT2D eigenvalue weighted by Gasteiger charge is 1.96. The highest BCUT2D eigenvalue weighted by atomic mass is 79.9. The maximum Gasteiger partial charge on any atom is 0.0207 e. The fourth-order valence-electron chi connectivity index (χ4n) is 1.10. The zero-order chi connectivity index (χ0) is 8.97. The first-order valence-corrected chi connectivity index (χ1v) is 4.98. The molecule has 0 atom stereocenters. The lowest BCUT2D eigenvalue weighted by Crippen LogP contribution is -2.00. The zero-order valence-electron chi connectivity index (χ0n) is 7.31. The quantitative estimate of drug-likeness (QED) is 0.845. The third kappa shape index (κ3) is 2.61. The summed E-state index contributed by atoms with van der Waals surface area (Å²) in [5, 5.41) is 0. The molecule has 0 aliphatic carbocycles. The molecular weight excluding hydrogens is 214 g/mol. The molecule has 0 aliphatic heterocycles. The Balaban J connectivity index is 2.69. The van der Waals surface area contributed by atoms with Crippen LogP contribution in [0.5, 0.6) is 0 Å². The number of benzene rings is 1. The Morgan fingerprint density at radius 2 is 2.17 bits per heavy atom. The van der Waals surface area contributed by atoms with Crippen molar-refractivity contribution in [3.8, 4) is 0 Å². The van der Waals surface area contributed by atoms with Crippen molar-refractivity contribution in [2.24, 2.45) is 5.73 Å². The smallest absolute Gasteiger partial charge is 0.0207 e. The summed E-state index contributed by atoms with van der Waals surface area (Å²) < 4.78 is 1.19. The Labute approximate surface area is 82.1 Å². The molecule has 0 bridgehead atoms. The molecule has 66 valence electrons. The Hall–Kier alpha value is -0.340. The van der Waals surface area contributed by atoms with Crippen molar-refractivity contribution in [1.82, 2.24) is 0 Å². The van der Waals surface area contributed by atoms with E-state index in [4.69, 9.17) is 5.73 Å². The van der Waals surface area contributed by atoms with Crippen LogP contribution in [0.25, 0.3) is 0 Å². The van der Waals surface area contributed by atoms with Crippen LogP contribution in [0.1, 0.15) is 17.5 Å². The largest absolute Gasteiger partial charge is 0.330 e. The van der Waals surface area contributed by atoms with Gasteiger partial charge in [0.1, 0.15) is 0 Å². The van der Waals surface area contributed by atoms with Crippen LogP contribution < -0.4 is 5.73 Å². The summed E-state index contributed by atoms with van der Waals surface area (Å²) in [6, 6.07) is 6.47. The van der Waals surface area contributed by atoms with Crippen molar-refractivity contribution in [3.63, 3.8) is 0 Å². The Morgan fingerprint density at radius 3 is 2.75 bits per heavy atom. The molecule has 0 aliphatic rings. The molecule has 2 heteroatoms. The summed E-state index contributed by atoms with van der Waals surface area (Å²) in [5.74, 6) is 0. The van der Waals surface area contributed by atoms with Gasteiger partial charge in [-0.05, 0) is 43.5 Å². The van der Waals surface area contributed by atoms with E-state index in [-0.39, 0.29) is 0 Å². The van der Waals surface area contributed by atoms with Gasteiger partial charge in [-0.2, -0.15) is 0 Å². The van der Waals surface area contributed by atoms with E-state index in [1.807, 2.05) is 0 Å². The monoisotopic (exact) mass is 227 g/mol. The van der Waals surface area contributed by atoms with Crippen molar-refractivity contribution in [3.05, 3.63) is 33.8 Å². The maximum absolute atomic E-state index is 5.43. The summed E-state index contributed by atoms with van der Waals surface area (Å²) >= 11 is 3.51. The van der Waals surface area contributed by atoms with Gasteiger partial charge < -0.3 is 5.73 Å². The van der Waals surface area contributed by atoms with Crippen LogP contribution in [0.15, 0.2) is 22.7 Å². The molecule has 0 spiro atoms. The van der Waals surface area contributed by atoms with Crippen molar-refractivity contribution in [1.29, 1.82) is 0 Å². The van der Waals surface area contributed by atoms with E-state index < -0.39 is 0 Å². The van der Waals surface area contributed by atoms with Gasteiger partial charge in [-0.25, -0.2) is 0 Å². The summed E-state index contributed by atoms with van der Waals surface area (Å²) in [5.41, 5.74) is 8.08. The molecule has 0 saturated carbocycles. The van der Waals surface area contributed by atoms with Crippen LogP contribution in [0.3, 0.4) is 0 Å². The van der Waals surface area contributed by atoms with Gasteiger partial charge in [-0.3, -0.25) is 0 Å². The number of aryl methyl sites for hydroxylation is 2. The fraction of sp³-hybridized carbons (Fsp3) is 0.400. The standard InChI is InChI=1S/C10H14BrN/c1-8-4-5-9(3-2-6-12)7-10(8)11/h4-5,7H,2-3,6,12H2,1H3. The Bertz CT molecular complexity index is 258. The van der Waals surface area contributed by atoms with Crippen molar-refractivity contribution >= 4 is 15.9 Å². The maximum atomic E-state index is 5.43. The molecule has 1 rings (SSSR count). The second-order valence-electron chi connectivity index (χ2n) is 2.98. The van der Waals surface area contributed by atoms with E-state index in [0.717, 1.165) is 19.4 Å². The van der Waals surface area contributed by atoms with E-state index in [1.54, 1.807) is 0 Å². The average molecular weight is 228 g/mol. The van der Waals surface area contributed by atoms with Gasteiger partial charge in [0.15, 0.2) is 0 Å². The van der Waals surface area contributed by atoms with Crippen LogP contribution in [0, 0.1) is 6.92 Å². The van der Waals surface area contributed by atoms with E-state index in [2.05, 4.69) is 41.1 Å². The van der Waals surface area contributed by atoms with Crippen molar-refractivity contribution in [2.75, 3.05) is 6.54 Å². The molecule has 0 heterocycles. The van der Waals surface area contributed by atoms with E-state index >= 15 is 0 Å². The molecule has 1 nitrogen and oxygen atoms in total. The molecular formula is C10H14BrN. The molecule has 0 amide bonds. The number of hydrogen-bond donors (Lipinski definition) is 1. The van der Waals surface area contributed by atoms with E-state index in [1.165, 1.54) is 15.6 Å². The molecule has 1 aromatic carbocycles. The Morgan fingerprint density at radius 1 is 1.42 bits per heavy atom. The van der Waals surface area contributed by atoms with Gasteiger partial charge in [-0.1, -0.05) is 28.1 Å². The number of nitrogens with two attached hydrogens (primary N) is 1. The molecule has 1 aromatic rings. The number of hydrogen-bond acceptors (Lipinski definition) is 1. The molecule has 0 aromatic heterocycles. The third-order valence-corrected chi connectivity index (χ3v) is 2.76. The first-order valence-electron chi connectivity index (χ1n) is 4.19. The third-order valence-electron chi connectivity index (χ3n) is 1.91. The van der Waals surface area contributed by atoms with Gasteiger partial charge in [0.05, 0.1) is 0 Å². The highest BCUT2D eigenvalue weighted by Crippen LogP contribution is 2.18. The zero-order valence-corrected chi connectivity index (χ0v) is 8.89. The predicted molar refractivity (Wildman–Crippen MR) is 56.3 cm³/mol. The highest BCUT2D eigenvalue weighted by molar-refractivity contribution is 9.10. The fourth-order valence-corrected chi connectivity index (χ4v) is 1.52. The van der Waals surface area contributed by atoms with Crippen molar-refractivity contribution < 1.29 is 0 Å². The van der Waals surface area contributed by atoms with Crippen LogP contribution in [-0.2, 0) is 6.42 Å². The normalized spacial score (nSPS) is 10.2. The molecule has 0 unspecified atom stereocenters.